The first-order valence-corrected chi connectivity index (χ1v) is 8.52. The lowest BCUT2D eigenvalue weighted by molar-refractivity contribution is 0.304. The van der Waals surface area contributed by atoms with Crippen LogP contribution in [-0.4, -0.2) is 6.61 Å². The number of hydrazine groups is 1. The molecular weight excluding hydrogens is 296 g/mol. The van der Waals surface area contributed by atoms with Gasteiger partial charge in [-0.05, 0) is 24.1 Å². The number of nitrogens with one attached hydrogen (secondary N) is 1. The number of nitrogens with two attached hydrogens (primary N) is 1. The molecule has 0 saturated heterocycles. The molecule has 0 spiro atoms. The molecule has 1 rings (SSSR count). The van der Waals surface area contributed by atoms with Gasteiger partial charge in [-0.2, -0.15) is 0 Å². The summed E-state index contributed by atoms with van der Waals surface area (Å²) in [5.41, 5.74) is 3.82. The number of hydrogen-bond acceptors (Lipinski definition) is 3. The fourth-order valence-electron chi connectivity index (χ4n) is 2.47. The highest BCUT2D eigenvalue weighted by Crippen LogP contribution is 2.14. The average Bonchev–Trinajstić information content (AvgIpc) is 2.50. The third kappa shape index (κ3) is 10.9. The van der Waals surface area contributed by atoms with Gasteiger partial charge >= 0.3 is 0 Å². The van der Waals surface area contributed by atoms with Crippen LogP contribution in [0.5, 0.6) is 5.75 Å². The van der Waals surface area contributed by atoms with Crippen molar-refractivity contribution < 1.29 is 4.74 Å². The summed E-state index contributed by atoms with van der Waals surface area (Å²) in [6, 6.07) is 8.12. The Kier molecular flexibility index (Phi) is 14.6. The lowest BCUT2D eigenvalue weighted by Crippen LogP contribution is -2.20. The molecule has 3 N–H and O–H groups in total. The normalized spacial score (nSPS) is 10.3. The number of halogens is 1. The van der Waals surface area contributed by atoms with Crippen LogP contribution in [0.3, 0.4) is 0 Å². The Balaban J connectivity index is 0.00000441. The monoisotopic (exact) mass is 328 g/mol. The van der Waals surface area contributed by atoms with Crippen LogP contribution in [0.15, 0.2) is 24.3 Å². The molecule has 0 heterocycles. The SMILES string of the molecule is CCCCCCCCCCCOc1cccc(CNN)c1.Cl. The number of hydrogen-bond donors (Lipinski definition) is 2. The Bertz CT molecular complexity index is 361. The predicted molar refractivity (Wildman–Crippen MR) is 97.4 cm³/mol. The lowest BCUT2D eigenvalue weighted by Gasteiger charge is -2.08. The van der Waals surface area contributed by atoms with Crippen molar-refractivity contribution in [2.24, 2.45) is 5.84 Å². The fraction of sp³-hybridized carbons (Fsp3) is 0.667. The molecule has 0 unspecified atom stereocenters. The Morgan fingerprint density at radius 1 is 0.955 bits per heavy atom. The molecule has 0 bridgehead atoms. The summed E-state index contributed by atoms with van der Waals surface area (Å²) < 4.78 is 5.78. The molecule has 0 saturated carbocycles. The van der Waals surface area contributed by atoms with Crippen molar-refractivity contribution in [1.82, 2.24) is 5.43 Å². The predicted octanol–water partition coefficient (Wildman–Crippen LogP) is 4.98. The van der Waals surface area contributed by atoms with Crippen LogP contribution in [0, 0.1) is 0 Å². The summed E-state index contributed by atoms with van der Waals surface area (Å²) in [4.78, 5) is 0. The molecule has 0 aliphatic carbocycles. The molecule has 1 aromatic carbocycles. The van der Waals surface area contributed by atoms with Gasteiger partial charge in [0.1, 0.15) is 5.75 Å². The summed E-state index contributed by atoms with van der Waals surface area (Å²) in [6.45, 7) is 3.76. The van der Waals surface area contributed by atoms with E-state index in [0.717, 1.165) is 24.3 Å². The molecule has 0 aliphatic heterocycles. The highest BCUT2D eigenvalue weighted by atomic mass is 35.5. The fourth-order valence-corrected chi connectivity index (χ4v) is 2.47. The third-order valence-corrected chi connectivity index (χ3v) is 3.72. The minimum atomic E-state index is 0. The van der Waals surface area contributed by atoms with Gasteiger partial charge in [0.15, 0.2) is 0 Å². The topological polar surface area (TPSA) is 47.3 Å². The van der Waals surface area contributed by atoms with Crippen molar-refractivity contribution in [3.63, 3.8) is 0 Å². The van der Waals surface area contributed by atoms with Crippen molar-refractivity contribution in [3.05, 3.63) is 29.8 Å². The van der Waals surface area contributed by atoms with Crippen LogP contribution in [0.4, 0.5) is 0 Å². The Labute approximate surface area is 142 Å². The summed E-state index contributed by atoms with van der Waals surface area (Å²) in [6.07, 6.45) is 12.1. The molecule has 0 aromatic heterocycles. The van der Waals surface area contributed by atoms with E-state index in [1.165, 1.54) is 51.4 Å². The third-order valence-electron chi connectivity index (χ3n) is 3.72. The van der Waals surface area contributed by atoms with Crippen LogP contribution in [-0.2, 0) is 6.54 Å². The zero-order valence-corrected chi connectivity index (χ0v) is 14.8. The average molecular weight is 329 g/mol. The second kappa shape index (κ2) is 15.1. The van der Waals surface area contributed by atoms with E-state index in [1.807, 2.05) is 24.3 Å². The van der Waals surface area contributed by atoms with Gasteiger partial charge < -0.3 is 4.74 Å². The Morgan fingerprint density at radius 3 is 2.23 bits per heavy atom. The van der Waals surface area contributed by atoms with Gasteiger partial charge in [0.2, 0.25) is 0 Å². The quantitative estimate of drug-likeness (QED) is 0.305. The van der Waals surface area contributed by atoms with Gasteiger partial charge in [-0.25, -0.2) is 0 Å². The number of rotatable bonds is 13. The summed E-state index contributed by atoms with van der Waals surface area (Å²) in [5, 5.41) is 0. The van der Waals surface area contributed by atoms with E-state index in [2.05, 4.69) is 12.3 Å². The second-order valence-electron chi connectivity index (χ2n) is 5.71. The molecular formula is C18H33ClN2O. The van der Waals surface area contributed by atoms with Crippen LogP contribution in [0.1, 0.15) is 70.3 Å². The number of unbranched alkanes of at least 4 members (excludes halogenated alkanes) is 8. The van der Waals surface area contributed by atoms with Crippen molar-refractivity contribution in [2.45, 2.75) is 71.3 Å². The van der Waals surface area contributed by atoms with Crippen molar-refractivity contribution in [3.8, 4) is 5.75 Å². The van der Waals surface area contributed by atoms with E-state index in [0.29, 0.717) is 6.54 Å². The van der Waals surface area contributed by atoms with Gasteiger partial charge in [-0.15, -0.1) is 12.4 Å². The van der Waals surface area contributed by atoms with Gasteiger partial charge in [0, 0.05) is 6.54 Å². The van der Waals surface area contributed by atoms with Crippen LogP contribution >= 0.6 is 12.4 Å². The van der Waals surface area contributed by atoms with Gasteiger partial charge in [-0.1, -0.05) is 70.4 Å². The molecule has 1 aromatic rings. The largest absolute Gasteiger partial charge is 0.494 e. The van der Waals surface area contributed by atoms with Crippen molar-refractivity contribution in [2.75, 3.05) is 6.61 Å². The molecule has 22 heavy (non-hydrogen) atoms. The minimum Gasteiger partial charge on any atom is -0.494 e. The molecule has 4 heteroatoms. The first-order chi connectivity index (χ1) is 10.4. The van der Waals surface area contributed by atoms with Gasteiger partial charge in [0.05, 0.1) is 6.61 Å². The van der Waals surface area contributed by atoms with E-state index in [-0.39, 0.29) is 12.4 Å². The first kappa shape index (κ1) is 21.2. The van der Waals surface area contributed by atoms with Crippen LogP contribution in [0.25, 0.3) is 0 Å². The molecule has 0 fully saturated rings. The molecule has 0 radical (unpaired) electrons. The zero-order valence-electron chi connectivity index (χ0n) is 14.0. The Hall–Kier alpha value is -0.770. The summed E-state index contributed by atoms with van der Waals surface area (Å²) >= 11 is 0. The van der Waals surface area contributed by atoms with Crippen LogP contribution < -0.4 is 16.0 Å². The second-order valence-corrected chi connectivity index (χ2v) is 5.71. The summed E-state index contributed by atoms with van der Waals surface area (Å²) in [5.74, 6) is 6.27. The molecule has 0 atom stereocenters. The first-order valence-electron chi connectivity index (χ1n) is 8.52. The molecule has 0 amide bonds. The van der Waals surface area contributed by atoms with Crippen molar-refractivity contribution >= 4 is 12.4 Å². The number of ether oxygens (including phenoxy) is 1. The maximum atomic E-state index is 5.78. The summed E-state index contributed by atoms with van der Waals surface area (Å²) in [7, 11) is 0. The molecule has 0 aliphatic rings. The van der Waals surface area contributed by atoms with Gasteiger partial charge in [0.25, 0.3) is 0 Å². The standard InChI is InChI=1S/C18H32N2O.ClH/c1-2-3-4-5-6-7-8-9-10-14-21-18-13-11-12-17(15-18)16-20-19;/h11-13,15,20H,2-10,14,16,19H2,1H3;1H. The zero-order chi connectivity index (χ0) is 15.2. The highest BCUT2D eigenvalue weighted by Gasteiger charge is 1.97. The minimum absolute atomic E-state index is 0. The van der Waals surface area contributed by atoms with Crippen LogP contribution in [0.2, 0.25) is 0 Å². The van der Waals surface area contributed by atoms with Crippen molar-refractivity contribution in [1.29, 1.82) is 0 Å². The van der Waals surface area contributed by atoms with E-state index >= 15 is 0 Å². The van der Waals surface area contributed by atoms with E-state index in [4.69, 9.17) is 10.6 Å². The highest BCUT2D eigenvalue weighted by molar-refractivity contribution is 5.85. The smallest absolute Gasteiger partial charge is 0.119 e. The lowest BCUT2D eigenvalue weighted by atomic mass is 10.1. The Morgan fingerprint density at radius 2 is 1.59 bits per heavy atom. The van der Waals surface area contributed by atoms with E-state index in [1.54, 1.807) is 0 Å². The molecule has 128 valence electrons. The molecule has 3 nitrogen and oxygen atoms in total. The maximum Gasteiger partial charge on any atom is 0.119 e. The van der Waals surface area contributed by atoms with Gasteiger partial charge in [-0.3, -0.25) is 11.3 Å². The van der Waals surface area contributed by atoms with E-state index in [9.17, 15) is 0 Å². The number of benzene rings is 1. The maximum absolute atomic E-state index is 5.78. The van der Waals surface area contributed by atoms with E-state index < -0.39 is 0 Å².